The van der Waals surface area contributed by atoms with Gasteiger partial charge in [0.05, 0.1) is 11.1 Å². The van der Waals surface area contributed by atoms with E-state index in [1.165, 1.54) is 29.4 Å². The first-order valence-corrected chi connectivity index (χ1v) is 8.19. The Kier molecular flexibility index (Phi) is 8.86. The van der Waals surface area contributed by atoms with Crippen LogP contribution < -0.4 is 10.5 Å². The maximum absolute atomic E-state index is 10.7. The van der Waals surface area contributed by atoms with Crippen LogP contribution >= 0.6 is 12.4 Å². The molecule has 11 heteroatoms. The molecule has 1 saturated heterocycles. The van der Waals surface area contributed by atoms with E-state index in [9.17, 15) is 18.0 Å². The summed E-state index contributed by atoms with van der Waals surface area (Å²) in [5.74, 6) is -2.22. The molecular formula is C13H20ClN3O6S. The molecule has 1 aromatic rings. The molecule has 0 saturated carbocycles. The topological polar surface area (TPSA) is 150 Å². The number of nitrogens with zero attached hydrogens (tertiary/aromatic N) is 1. The van der Waals surface area contributed by atoms with Gasteiger partial charge in [0.25, 0.3) is 10.2 Å². The van der Waals surface area contributed by atoms with E-state index in [2.05, 4.69) is 5.32 Å². The van der Waals surface area contributed by atoms with Crippen LogP contribution in [0.2, 0.25) is 0 Å². The maximum atomic E-state index is 10.7. The molecule has 0 aromatic heterocycles. The number of carbonyl (C=O) groups is 2. The quantitative estimate of drug-likeness (QED) is 0.571. The van der Waals surface area contributed by atoms with E-state index in [1.807, 2.05) is 0 Å². The molecule has 0 aliphatic carbocycles. The van der Waals surface area contributed by atoms with E-state index in [0.29, 0.717) is 26.2 Å². The number of benzene rings is 1. The van der Waals surface area contributed by atoms with Crippen LogP contribution in [0.1, 0.15) is 26.3 Å². The van der Waals surface area contributed by atoms with Crippen LogP contribution in [0.5, 0.6) is 0 Å². The zero-order chi connectivity index (χ0) is 17.6. The van der Waals surface area contributed by atoms with Crippen molar-refractivity contribution in [2.75, 3.05) is 26.2 Å². The molecule has 24 heavy (non-hydrogen) atoms. The lowest BCUT2D eigenvalue weighted by atomic mass is 10.0. The van der Waals surface area contributed by atoms with Gasteiger partial charge < -0.3 is 15.5 Å². The van der Waals surface area contributed by atoms with Crippen LogP contribution in [0.4, 0.5) is 0 Å². The van der Waals surface area contributed by atoms with Gasteiger partial charge in [0.1, 0.15) is 0 Å². The monoisotopic (exact) mass is 381 g/mol. The van der Waals surface area contributed by atoms with Crippen LogP contribution in [0.3, 0.4) is 0 Å². The maximum Gasteiger partial charge on any atom is 0.335 e. The first-order chi connectivity index (χ1) is 10.6. The van der Waals surface area contributed by atoms with Crippen molar-refractivity contribution in [3.05, 3.63) is 34.9 Å². The van der Waals surface area contributed by atoms with Gasteiger partial charge in [0.15, 0.2) is 0 Å². The molecule has 1 fully saturated rings. The van der Waals surface area contributed by atoms with Gasteiger partial charge in [-0.3, -0.25) is 0 Å². The molecule has 0 bridgehead atoms. The van der Waals surface area contributed by atoms with Gasteiger partial charge in [-0.15, -0.1) is 12.4 Å². The predicted octanol–water partition coefficient (Wildman–Crippen LogP) is -0.0917. The summed E-state index contributed by atoms with van der Waals surface area (Å²) in [5, 5.41) is 25.3. The minimum atomic E-state index is -3.43. The summed E-state index contributed by atoms with van der Waals surface area (Å²) in [7, 11) is -3.43. The molecule has 0 spiro atoms. The van der Waals surface area contributed by atoms with Crippen molar-refractivity contribution in [2.45, 2.75) is 6.92 Å². The van der Waals surface area contributed by atoms with Crippen LogP contribution in [0, 0.1) is 6.92 Å². The molecule has 5 N–H and O–H groups in total. The summed E-state index contributed by atoms with van der Waals surface area (Å²) >= 11 is 0. The van der Waals surface area contributed by atoms with Gasteiger partial charge in [-0.05, 0) is 24.6 Å². The van der Waals surface area contributed by atoms with Crippen LogP contribution in [-0.2, 0) is 10.2 Å². The Balaban J connectivity index is 0.000000436. The molecule has 0 atom stereocenters. The molecule has 0 radical (unpaired) electrons. The summed E-state index contributed by atoms with van der Waals surface area (Å²) in [6.45, 7) is 3.83. The second kappa shape index (κ2) is 9.55. The Hall–Kier alpha value is -1.72. The molecule has 0 amide bonds. The number of carboxylic acids is 2. The van der Waals surface area contributed by atoms with Crippen molar-refractivity contribution in [3.8, 4) is 0 Å². The highest BCUT2D eigenvalue weighted by Gasteiger charge is 2.18. The first kappa shape index (κ1) is 22.3. The Bertz CT molecular complexity index is 657. The number of halogens is 1. The summed E-state index contributed by atoms with van der Waals surface area (Å²) in [4.78, 5) is 21.2. The first-order valence-electron chi connectivity index (χ1n) is 6.69. The lowest BCUT2D eigenvalue weighted by molar-refractivity contribution is 0.0696. The standard InChI is InChI=1S/C9H8O4.C4H11N3O2S.ClH/c1-5-6(8(10)11)3-2-4-7(5)9(12)13;5-10(8,9)7-3-1-6-2-4-7;/h2-4H,1H3,(H,10,11)(H,12,13);6H,1-4H2,(H2,5,8,9);1H. The molecule has 1 aliphatic rings. The Morgan fingerprint density at radius 1 is 1.12 bits per heavy atom. The zero-order valence-corrected chi connectivity index (χ0v) is 14.6. The predicted molar refractivity (Wildman–Crippen MR) is 89.9 cm³/mol. The number of aromatic carboxylic acids is 2. The second-order valence-electron chi connectivity index (χ2n) is 4.78. The highest BCUT2D eigenvalue weighted by Crippen LogP contribution is 2.13. The van der Waals surface area contributed by atoms with E-state index in [-0.39, 0.29) is 29.1 Å². The van der Waals surface area contributed by atoms with Gasteiger partial charge in [-0.2, -0.15) is 12.7 Å². The third-order valence-corrected chi connectivity index (χ3v) is 4.32. The molecule has 1 aromatic carbocycles. The number of rotatable bonds is 3. The van der Waals surface area contributed by atoms with Gasteiger partial charge in [-0.1, -0.05) is 6.07 Å². The highest BCUT2D eigenvalue weighted by molar-refractivity contribution is 7.86. The summed E-state index contributed by atoms with van der Waals surface area (Å²) < 4.78 is 22.6. The molecule has 0 unspecified atom stereocenters. The van der Waals surface area contributed by atoms with E-state index in [1.54, 1.807) is 0 Å². The van der Waals surface area contributed by atoms with E-state index >= 15 is 0 Å². The number of nitrogens with one attached hydrogen (secondary N) is 1. The Morgan fingerprint density at radius 2 is 1.54 bits per heavy atom. The average molecular weight is 382 g/mol. The molecule has 9 nitrogen and oxygen atoms in total. The van der Waals surface area contributed by atoms with Crippen molar-refractivity contribution < 1.29 is 28.2 Å². The fourth-order valence-corrected chi connectivity index (χ4v) is 2.69. The van der Waals surface area contributed by atoms with Gasteiger partial charge >= 0.3 is 11.9 Å². The lowest BCUT2D eigenvalue weighted by Crippen LogP contribution is -2.48. The van der Waals surface area contributed by atoms with E-state index < -0.39 is 22.1 Å². The molecule has 1 heterocycles. The van der Waals surface area contributed by atoms with Crippen molar-refractivity contribution in [3.63, 3.8) is 0 Å². The van der Waals surface area contributed by atoms with Crippen LogP contribution in [0.25, 0.3) is 0 Å². The lowest BCUT2D eigenvalue weighted by Gasteiger charge is -2.24. The average Bonchev–Trinajstić information content (AvgIpc) is 2.47. The second-order valence-corrected chi connectivity index (χ2v) is 6.33. The fourth-order valence-electron chi connectivity index (χ4n) is 2.00. The van der Waals surface area contributed by atoms with Crippen molar-refractivity contribution in [1.82, 2.24) is 9.62 Å². The number of hydrogen-bond acceptors (Lipinski definition) is 5. The molecule has 2 rings (SSSR count). The molecule has 136 valence electrons. The highest BCUT2D eigenvalue weighted by atomic mass is 35.5. The summed E-state index contributed by atoms with van der Waals surface area (Å²) in [6.07, 6.45) is 0. The largest absolute Gasteiger partial charge is 0.478 e. The van der Waals surface area contributed by atoms with Crippen LogP contribution in [0.15, 0.2) is 18.2 Å². The number of hydrogen-bond donors (Lipinski definition) is 4. The van der Waals surface area contributed by atoms with Crippen molar-refractivity contribution >= 4 is 34.6 Å². The number of piperazine rings is 1. The minimum absolute atomic E-state index is 0. The van der Waals surface area contributed by atoms with E-state index in [4.69, 9.17) is 15.4 Å². The summed E-state index contributed by atoms with van der Waals surface area (Å²) in [5.41, 5.74) is 0.335. The third kappa shape index (κ3) is 6.42. The Morgan fingerprint density at radius 3 is 1.83 bits per heavy atom. The third-order valence-electron chi connectivity index (χ3n) is 3.23. The number of nitrogens with two attached hydrogens (primary N) is 1. The van der Waals surface area contributed by atoms with Gasteiger partial charge in [-0.25, -0.2) is 14.7 Å². The van der Waals surface area contributed by atoms with E-state index in [0.717, 1.165) is 0 Å². The molecule has 1 aliphatic heterocycles. The Labute approximate surface area is 146 Å². The zero-order valence-electron chi connectivity index (χ0n) is 12.9. The fraction of sp³-hybridized carbons (Fsp3) is 0.385. The van der Waals surface area contributed by atoms with Gasteiger partial charge in [0, 0.05) is 26.2 Å². The minimum Gasteiger partial charge on any atom is -0.478 e. The van der Waals surface area contributed by atoms with Crippen LogP contribution in [-0.4, -0.2) is 61.1 Å². The normalized spacial score (nSPS) is 14.8. The number of carboxylic acid groups (broad SMARTS) is 2. The summed E-state index contributed by atoms with van der Waals surface area (Å²) in [6, 6.07) is 4.17. The van der Waals surface area contributed by atoms with Crippen molar-refractivity contribution in [2.24, 2.45) is 5.14 Å². The smallest absolute Gasteiger partial charge is 0.335 e. The molecular weight excluding hydrogens is 362 g/mol. The van der Waals surface area contributed by atoms with Crippen molar-refractivity contribution in [1.29, 1.82) is 0 Å². The SMILES string of the molecule is Cc1c(C(=O)O)cccc1C(=O)O.Cl.NS(=O)(=O)N1CCNCC1. The van der Waals surface area contributed by atoms with Gasteiger partial charge in [0.2, 0.25) is 0 Å².